The maximum Gasteiger partial charge on any atom is 0.341 e. The van der Waals surface area contributed by atoms with Crippen LogP contribution in [0.15, 0.2) is 24.5 Å². The van der Waals surface area contributed by atoms with Gasteiger partial charge in [-0.05, 0) is 25.0 Å². The van der Waals surface area contributed by atoms with Gasteiger partial charge in [0.15, 0.2) is 5.65 Å². The summed E-state index contributed by atoms with van der Waals surface area (Å²) in [7, 11) is 1.40. The second-order valence-corrected chi connectivity index (χ2v) is 6.61. The Morgan fingerprint density at radius 3 is 3.17 bits per heavy atom. The van der Waals surface area contributed by atoms with Crippen LogP contribution < -0.4 is 0 Å². The Balaban J connectivity index is 1.59. The monoisotopic (exact) mass is 329 g/mol. The van der Waals surface area contributed by atoms with Gasteiger partial charge in [0.05, 0.1) is 25.5 Å². The van der Waals surface area contributed by atoms with E-state index in [-0.39, 0.29) is 5.97 Å². The molecular formula is C18H23N3O3. The molecular weight excluding hydrogens is 306 g/mol. The summed E-state index contributed by atoms with van der Waals surface area (Å²) >= 11 is 0. The number of hydrogen-bond donors (Lipinski definition) is 0. The van der Waals surface area contributed by atoms with Crippen molar-refractivity contribution in [2.75, 3.05) is 20.3 Å². The van der Waals surface area contributed by atoms with E-state index in [1.807, 2.05) is 22.9 Å². The predicted octanol–water partition coefficient (Wildman–Crippen LogP) is 2.26. The first-order valence-electron chi connectivity index (χ1n) is 8.67. The Hall–Kier alpha value is -1.92. The fourth-order valence-electron chi connectivity index (χ4n) is 3.99. The molecule has 1 aliphatic heterocycles. The first kappa shape index (κ1) is 15.6. The van der Waals surface area contributed by atoms with E-state index in [1.165, 1.54) is 32.8 Å². The highest BCUT2D eigenvalue weighted by Crippen LogP contribution is 2.29. The molecule has 24 heavy (non-hydrogen) atoms. The zero-order chi connectivity index (χ0) is 16.5. The quantitative estimate of drug-likeness (QED) is 0.809. The zero-order valence-corrected chi connectivity index (χ0v) is 14.0. The molecule has 2 fully saturated rings. The normalized spacial score (nSPS) is 24.7. The average molecular weight is 329 g/mol. The van der Waals surface area contributed by atoms with Crippen LogP contribution in [0.3, 0.4) is 0 Å². The van der Waals surface area contributed by atoms with E-state index in [9.17, 15) is 4.79 Å². The first-order valence-corrected chi connectivity index (χ1v) is 8.67. The molecule has 0 aromatic carbocycles. The van der Waals surface area contributed by atoms with Crippen molar-refractivity contribution in [1.82, 2.24) is 14.3 Å². The summed E-state index contributed by atoms with van der Waals surface area (Å²) in [6.07, 6.45) is 9.21. The molecule has 1 saturated carbocycles. The standard InChI is InChI=1S/C18H23N3O3/c1-23-18(22)14-5-4-8-21-12-13(19-17(14)21)11-20-9-10-24-16-7-3-2-6-15(16)20/h4-5,8,12,15-16H,2-3,6-7,9-11H2,1H3/t15-,16+/m0/s1. The molecule has 0 spiro atoms. The lowest BCUT2D eigenvalue weighted by Gasteiger charge is -2.43. The minimum atomic E-state index is -0.350. The molecule has 2 aromatic rings. The van der Waals surface area contributed by atoms with Gasteiger partial charge >= 0.3 is 5.97 Å². The number of morpholine rings is 1. The van der Waals surface area contributed by atoms with Gasteiger partial charge in [0, 0.05) is 31.5 Å². The van der Waals surface area contributed by atoms with Gasteiger partial charge < -0.3 is 13.9 Å². The molecule has 6 nitrogen and oxygen atoms in total. The SMILES string of the molecule is COC(=O)c1cccn2cc(CN3CCO[C@@H]4CCCC[C@@H]43)nc12. The van der Waals surface area contributed by atoms with E-state index in [4.69, 9.17) is 14.5 Å². The highest BCUT2D eigenvalue weighted by molar-refractivity contribution is 5.95. The number of nitrogens with zero attached hydrogens (tertiary/aromatic N) is 3. The Bertz CT molecular complexity index is 740. The minimum absolute atomic E-state index is 0.350. The van der Waals surface area contributed by atoms with Crippen molar-refractivity contribution >= 4 is 11.6 Å². The second kappa shape index (κ2) is 6.53. The summed E-state index contributed by atoms with van der Waals surface area (Å²) in [5.41, 5.74) is 2.15. The van der Waals surface area contributed by atoms with E-state index in [1.54, 1.807) is 6.07 Å². The van der Waals surface area contributed by atoms with Crippen LogP contribution in [0.1, 0.15) is 41.7 Å². The molecule has 0 amide bonds. The summed E-state index contributed by atoms with van der Waals surface area (Å²) in [6.45, 7) is 2.54. The second-order valence-electron chi connectivity index (χ2n) is 6.61. The molecule has 0 radical (unpaired) electrons. The number of fused-ring (bicyclic) bond motifs is 2. The Labute approximate surface area is 141 Å². The van der Waals surface area contributed by atoms with Crippen molar-refractivity contribution in [2.45, 2.75) is 44.4 Å². The summed E-state index contributed by atoms with van der Waals surface area (Å²) < 4.78 is 12.7. The van der Waals surface area contributed by atoms with Crippen molar-refractivity contribution < 1.29 is 14.3 Å². The molecule has 4 rings (SSSR count). The third-order valence-electron chi connectivity index (χ3n) is 5.15. The largest absolute Gasteiger partial charge is 0.465 e. The minimum Gasteiger partial charge on any atom is -0.465 e. The van der Waals surface area contributed by atoms with Gasteiger partial charge in [0.1, 0.15) is 5.56 Å². The van der Waals surface area contributed by atoms with Gasteiger partial charge in [-0.15, -0.1) is 0 Å². The van der Waals surface area contributed by atoms with Gasteiger partial charge in [-0.2, -0.15) is 0 Å². The molecule has 128 valence electrons. The lowest BCUT2D eigenvalue weighted by molar-refractivity contribution is -0.0914. The van der Waals surface area contributed by atoms with Crippen LogP contribution in [-0.4, -0.2) is 52.7 Å². The van der Waals surface area contributed by atoms with Crippen molar-refractivity contribution in [3.8, 4) is 0 Å². The maximum absolute atomic E-state index is 11.9. The maximum atomic E-state index is 11.9. The van der Waals surface area contributed by atoms with Crippen LogP contribution in [0.25, 0.3) is 5.65 Å². The van der Waals surface area contributed by atoms with Crippen molar-refractivity contribution in [2.24, 2.45) is 0 Å². The molecule has 2 aromatic heterocycles. The molecule has 0 unspecified atom stereocenters. The lowest BCUT2D eigenvalue weighted by Crippen LogP contribution is -2.52. The van der Waals surface area contributed by atoms with Crippen molar-refractivity contribution in [3.63, 3.8) is 0 Å². The number of aromatic nitrogens is 2. The van der Waals surface area contributed by atoms with Crippen LogP contribution in [0.2, 0.25) is 0 Å². The van der Waals surface area contributed by atoms with Crippen LogP contribution in [0.4, 0.5) is 0 Å². The molecule has 1 saturated heterocycles. The highest BCUT2D eigenvalue weighted by Gasteiger charge is 2.34. The van der Waals surface area contributed by atoms with Gasteiger partial charge in [-0.1, -0.05) is 12.8 Å². The van der Waals surface area contributed by atoms with Crippen LogP contribution in [0, 0.1) is 0 Å². The third-order valence-corrected chi connectivity index (χ3v) is 5.15. The Morgan fingerprint density at radius 2 is 2.29 bits per heavy atom. The molecule has 2 atom stereocenters. The number of carbonyl (C=O) groups is 1. The van der Waals surface area contributed by atoms with Gasteiger partial charge in [-0.25, -0.2) is 9.78 Å². The molecule has 6 heteroatoms. The van der Waals surface area contributed by atoms with E-state index in [0.29, 0.717) is 23.4 Å². The van der Waals surface area contributed by atoms with E-state index in [0.717, 1.165) is 25.4 Å². The topological polar surface area (TPSA) is 56.1 Å². The zero-order valence-electron chi connectivity index (χ0n) is 14.0. The average Bonchev–Trinajstić information content (AvgIpc) is 3.03. The summed E-state index contributed by atoms with van der Waals surface area (Å²) in [5.74, 6) is -0.350. The van der Waals surface area contributed by atoms with E-state index >= 15 is 0 Å². The van der Waals surface area contributed by atoms with Crippen LogP contribution >= 0.6 is 0 Å². The van der Waals surface area contributed by atoms with E-state index < -0.39 is 0 Å². The fraction of sp³-hybridized carbons (Fsp3) is 0.556. The summed E-state index contributed by atoms with van der Waals surface area (Å²) in [4.78, 5) is 19.1. The number of ether oxygens (including phenoxy) is 2. The molecule has 2 aliphatic rings. The van der Waals surface area contributed by atoms with E-state index in [2.05, 4.69) is 4.90 Å². The number of esters is 1. The van der Waals surface area contributed by atoms with Crippen LogP contribution in [-0.2, 0) is 16.0 Å². The van der Waals surface area contributed by atoms with Gasteiger partial charge in [0.25, 0.3) is 0 Å². The number of hydrogen-bond acceptors (Lipinski definition) is 5. The molecule has 3 heterocycles. The third kappa shape index (κ3) is 2.80. The smallest absolute Gasteiger partial charge is 0.341 e. The number of imidazole rings is 1. The lowest BCUT2D eigenvalue weighted by atomic mass is 9.90. The fourth-order valence-corrected chi connectivity index (χ4v) is 3.99. The van der Waals surface area contributed by atoms with Crippen molar-refractivity contribution in [3.05, 3.63) is 35.8 Å². The molecule has 0 bridgehead atoms. The van der Waals surface area contributed by atoms with Crippen molar-refractivity contribution in [1.29, 1.82) is 0 Å². The summed E-state index contributed by atoms with van der Waals surface area (Å²) in [6, 6.07) is 4.10. The number of methoxy groups -OCH3 is 1. The highest BCUT2D eigenvalue weighted by atomic mass is 16.5. The molecule has 1 aliphatic carbocycles. The number of rotatable bonds is 3. The Kier molecular flexibility index (Phi) is 4.24. The van der Waals surface area contributed by atoms with Crippen LogP contribution in [0.5, 0.6) is 0 Å². The molecule has 0 N–H and O–H groups in total. The predicted molar refractivity (Wildman–Crippen MR) is 88.9 cm³/mol. The van der Waals surface area contributed by atoms with Gasteiger partial charge in [0.2, 0.25) is 0 Å². The number of pyridine rings is 1. The Morgan fingerprint density at radius 1 is 1.42 bits per heavy atom. The van der Waals surface area contributed by atoms with Gasteiger partial charge in [-0.3, -0.25) is 4.90 Å². The first-order chi connectivity index (χ1) is 11.8. The number of carbonyl (C=O) groups excluding carboxylic acids is 1. The summed E-state index contributed by atoms with van der Waals surface area (Å²) in [5, 5.41) is 0.